The van der Waals surface area contributed by atoms with Gasteiger partial charge in [0.15, 0.2) is 0 Å². The fraction of sp³-hybridized carbons (Fsp3) is 0.0667. The van der Waals surface area contributed by atoms with Gasteiger partial charge in [-0.15, -0.1) is 0 Å². The SMILES string of the molecule is Cc1cc([N+](=O)[O-])c(-c2ccc(/C=N/NC(=O)c3nonc3N)o2)cc1Cl. The highest BCUT2D eigenvalue weighted by Gasteiger charge is 2.20. The Balaban J connectivity index is 1.79. The molecule has 0 aliphatic heterocycles. The Morgan fingerprint density at radius 2 is 2.19 bits per heavy atom. The second-order valence-corrected chi connectivity index (χ2v) is 5.68. The molecule has 0 aliphatic rings. The van der Waals surface area contributed by atoms with Gasteiger partial charge in [0.2, 0.25) is 11.5 Å². The molecule has 0 unspecified atom stereocenters. The molecule has 12 heteroatoms. The topological polar surface area (TPSA) is 163 Å². The number of carbonyl (C=O) groups is 1. The van der Waals surface area contributed by atoms with Crippen LogP contribution in [0.5, 0.6) is 0 Å². The van der Waals surface area contributed by atoms with Gasteiger partial charge < -0.3 is 10.2 Å². The number of aromatic nitrogens is 2. The average Bonchev–Trinajstić information content (AvgIpc) is 3.25. The predicted octanol–water partition coefficient (Wildman–Crippen LogP) is 2.55. The number of furan rings is 1. The number of nitrogens with two attached hydrogens (primary N) is 1. The molecular formula is C15H11ClN6O5. The molecule has 3 aromatic rings. The van der Waals surface area contributed by atoms with Gasteiger partial charge >= 0.3 is 0 Å². The number of benzene rings is 1. The number of nitrogens with one attached hydrogen (secondary N) is 1. The Hall–Kier alpha value is -3.73. The van der Waals surface area contributed by atoms with Gasteiger partial charge in [0.25, 0.3) is 11.6 Å². The molecule has 3 N–H and O–H groups in total. The molecule has 1 amide bonds. The first kappa shape index (κ1) is 18.1. The van der Waals surface area contributed by atoms with Gasteiger partial charge in [0, 0.05) is 11.1 Å². The van der Waals surface area contributed by atoms with E-state index in [1.807, 2.05) is 0 Å². The number of nitro benzene ring substituents is 1. The first-order chi connectivity index (χ1) is 12.9. The molecule has 0 saturated heterocycles. The van der Waals surface area contributed by atoms with E-state index in [1.54, 1.807) is 6.92 Å². The van der Waals surface area contributed by atoms with Gasteiger partial charge in [-0.25, -0.2) is 10.1 Å². The number of hydrogen-bond donors (Lipinski definition) is 2. The summed E-state index contributed by atoms with van der Waals surface area (Å²) < 4.78 is 9.83. The number of nitro groups is 1. The zero-order valence-electron chi connectivity index (χ0n) is 13.7. The Bertz CT molecular complexity index is 1060. The Kier molecular flexibility index (Phi) is 4.86. The van der Waals surface area contributed by atoms with Crippen LogP contribution < -0.4 is 11.2 Å². The minimum atomic E-state index is -0.724. The van der Waals surface area contributed by atoms with Crippen LogP contribution in [0, 0.1) is 17.0 Å². The third kappa shape index (κ3) is 3.77. The molecule has 2 heterocycles. The molecule has 3 rings (SSSR count). The van der Waals surface area contributed by atoms with Crippen molar-refractivity contribution in [2.75, 3.05) is 5.73 Å². The second-order valence-electron chi connectivity index (χ2n) is 5.27. The fourth-order valence-corrected chi connectivity index (χ4v) is 2.31. The Morgan fingerprint density at radius 3 is 2.85 bits per heavy atom. The summed E-state index contributed by atoms with van der Waals surface area (Å²) in [5.41, 5.74) is 8.00. The van der Waals surface area contributed by atoms with Crippen molar-refractivity contribution >= 4 is 35.2 Å². The van der Waals surface area contributed by atoms with Crippen LogP contribution in [0.15, 0.2) is 38.4 Å². The summed E-state index contributed by atoms with van der Waals surface area (Å²) in [6.07, 6.45) is 1.20. The van der Waals surface area contributed by atoms with Crippen molar-refractivity contribution in [2.45, 2.75) is 6.92 Å². The van der Waals surface area contributed by atoms with Crippen molar-refractivity contribution in [3.05, 3.63) is 56.4 Å². The number of anilines is 1. The Morgan fingerprint density at radius 1 is 1.41 bits per heavy atom. The fourth-order valence-electron chi connectivity index (χ4n) is 2.14. The number of hydrogen-bond acceptors (Lipinski definition) is 9. The molecule has 0 fully saturated rings. The molecule has 0 atom stereocenters. The van der Waals surface area contributed by atoms with E-state index in [0.717, 1.165) is 0 Å². The van der Waals surface area contributed by atoms with Gasteiger partial charge in [0.1, 0.15) is 11.5 Å². The van der Waals surface area contributed by atoms with Crippen LogP contribution in [0.25, 0.3) is 11.3 Å². The van der Waals surface area contributed by atoms with Crippen molar-refractivity contribution < 1.29 is 18.8 Å². The maximum atomic E-state index is 11.7. The van der Waals surface area contributed by atoms with E-state index in [0.29, 0.717) is 10.6 Å². The molecule has 0 saturated carbocycles. The van der Waals surface area contributed by atoms with Crippen molar-refractivity contribution in [3.8, 4) is 11.3 Å². The van der Waals surface area contributed by atoms with Crippen LogP contribution in [0.3, 0.4) is 0 Å². The van der Waals surface area contributed by atoms with E-state index in [4.69, 9.17) is 21.8 Å². The highest BCUT2D eigenvalue weighted by molar-refractivity contribution is 6.31. The van der Waals surface area contributed by atoms with Gasteiger partial charge in [-0.1, -0.05) is 11.6 Å². The number of carbonyl (C=O) groups excluding carboxylic acids is 1. The Labute approximate surface area is 155 Å². The van der Waals surface area contributed by atoms with E-state index in [9.17, 15) is 14.9 Å². The molecule has 0 spiro atoms. The molecule has 0 bridgehead atoms. The molecule has 2 aromatic heterocycles. The lowest BCUT2D eigenvalue weighted by atomic mass is 10.1. The smallest absolute Gasteiger partial charge is 0.297 e. The van der Waals surface area contributed by atoms with E-state index < -0.39 is 10.8 Å². The highest BCUT2D eigenvalue weighted by Crippen LogP contribution is 2.35. The van der Waals surface area contributed by atoms with Crippen LogP contribution in [0.4, 0.5) is 11.5 Å². The minimum Gasteiger partial charge on any atom is -0.455 e. The third-order valence-corrected chi connectivity index (χ3v) is 3.86. The van der Waals surface area contributed by atoms with E-state index >= 15 is 0 Å². The molecule has 138 valence electrons. The molecule has 1 aromatic carbocycles. The lowest BCUT2D eigenvalue weighted by Crippen LogP contribution is -2.19. The second kappa shape index (κ2) is 7.25. The van der Waals surface area contributed by atoms with Gasteiger partial charge in [0.05, 0.1) is 16.7 Å². The van der Waals surface area contributed by atoms with E-state index in [-0.39, 0.29) is 34.3 Å². The molecule has 11 nitrogen and oxygen atoms in total. The monoisotopic (exact) mass is 390 g/mol. The van der Waals surface area contributed by atoms with Crippen molar-refractivity contribution in [2.24, 2.45) is 5.10 Å². The number of nitrogens with zero attached hydrogens (tertiary/aromatic N) is 4. The third-order valence-electron chi connectivity index (χ3n) is 3.45. The summed E-state index contributed by atoms with van der Waals surface area (Å²) in [5.74, 6) is -0.437. The molecule has 27 heavy (non-hydrogen) atoms. The summed E-state index contributed by atoms with van der Waals surface area (Å²) in [5, 5.41) is 21.9. The number of halogens is 1. The summed E-state index contributed by atoms with van der Waals surface area (Å²) >= 11 is 6.06. The molecule has 0 aliphatic carbocycles. The summed E-state index contributed by atoms with van der Waals surface area (Å²) in [6, 6.07) is 5.87. The maximum absolute atomic E-state index is 11.7. The van der Waals surface area contributed by atoms with Gasteiger partial charge in [-0.3, -0.25) is 14.9 Å². The van der Waals surface area contributed by atoms with Crippen LogP contribution in [0.1, 0.15) is 21.8 Å². The number of amides is 1. The molecule has 0 radical (unpaired) electrons. The van der Waals surface area contributed by atoms with Crippen LogP contribution in [-0.4, -0.2) is 27.4 Å². The first-order valence-corrected chi connectivity index (χ1v) is 7.70. The van der Waals surface area contributed by atoms with Crippen LogP contribution >= 0.6 is 11.6 Å². The number of hydrazone groups is 1. The number of nitrogen functional groups attached to an aromatic ring is 1. The lowest BCUT2D eigenvalue weighted by molar-refractivity contribution is -0.384. The van der Waals surface area contributed by atoms with Crippen molar-refractivity contribution in [1.29, 1.82) is 0 Å². The van der Waals surface area contributed by atoms with Crippen LogP contribution in [-0.2, 0) is 0 Å². The first-order valence-electron chi connectivity index (χ1n) is 7.33. The number of rotatable bonds is 5. The highest BCUT2D eigenvalue weighted by atomic mass is 35.5. The summed E-state index contributed by atoms with van der Waals surface area (Å²) in [7, 11) is 0. The zero-order valence-corrected chi connectivity index (χ0v) is 14.4. The van der Waals surface area contributed by atoms with Gasteiger partial charge in [-0.2, -0.15) is 5.10 Å². The molecular weight excluding hydrogens is 380 g/mol. The van der Waals surface area contributed by atoms with Crippen molar-refractivity contribution in [3.63, 3.8) is 0 Å². The lowest BCUT2D eigenvalue weighted by Gasteiger charge is -2.03. The standard InChI is InChI=1S/C15H11ClN6O5/c1-7-4-11(22(24)25)9(5-10(7)16)12-3-2-8(26-12)6-18-19-15(23)13-14(17)21-27-20-13/h2-6H,1H3,(H2,17,21)(H,19,23)/b18-6+. The predicted molar refractivity (Wildman–Crippen MR) is 94.3 cm³/mol. The van der Waals surface area contributed by atoms with Crippen LogP contribution in [0.2, 0.25) is 5.02 Å². The summed E-state index contributed by atoms with van der Waals surface area (Å²) in [6.45, 7) is 1.67. The zero-order chi connectivity index (χ0) is 19.6. The number of aryl methyl sites for hydroxylation is 1. The maximum Gasteiger partial charge on any atom is 0.297 e. The average molecular weight is 391 g/mol. The van der Waals surface area contributed by atoms with Gasteiger partial charge in [-0.05, 0) is 41.0 Å². The van der Waals surface area contributed by atoms with E-state index in [2.05, 4.69) is 25.5 Å². The normalized spacial score (nSPS) is 11.0. The van der Waals surface area contributed by atoms with E-state index in [1.165, 1.54) is 30.5 Å². The van der Waals surface area contributed by atoms with Crippen molar-refractivity contribution in [1.82, 2.24) is 15.7 Å². The largest absolute Gasteiger partial charge is 0.455 e. The summed E-state index contributed by atoms with van der Waals surface area (Å²) in [4.78, 5) is 22.5. The minimum absolute atomic E-state index is 0.142. The quantitative estimate of drug-likeness (QED) is 0.381.